The number of ether oxygens (including phenoxy) is 1. The van der Waals surface area contributed by atoms with Crippen LogP contribution in [-0.4, -0.2) is 58.5 Å². The number of carbonyl (C=O) groups excluding carboxylic acids is 6. The van der Waals surface area contributed by atoms with Crippen molar-refractivity contribution in [1.82, 2.24) is 15.5 Å². The van der Waals surface area contributed by atoms with Gasteiger partial charge in [-0.25, -0.2) is 0 Å². The Hall–Kier alpha value is -4.02. The van der Waals surface area contributed by atoms with Gasteiger partial charge in [0.2, 0.25) is 17.7 Å². The van der Waals surface area contributed by atoms with Crippen molar-refractivity contribution in [3.63, 3.8) is 0 Å². The van der Waals surface area contributed by atoms with Gasteiger partial charge < -0.3 is 20.7 Å². The Morgan fingerprint density at radius 3 is 1.90 bits per heavy atom. The maximum atomic E-state index is 12.8. The number of esters is 1. The summed E-state index contributed by atoms with van der Waals surface area (Å²) in [5.41, 5.74) is -0.670. The van der Waals surface area contributed by atoms with Gasteiger partial charge in [0.15, 0.2) is 0 Å². The molecule has 1 aliphatic heterocycles. The van der Waals surface area contributed by atoms with E-state index in [1.54, 1.807) is 52.0 Å². The zero-order valence-electron chi connectivity index (χ0n) is 26.7. The van der Waals surface area contributed by atoms with E-state index in [1.807, 2.05) is 13.8 Å². The Balaban J connectivity index is 0.00000315. The Labute approximate surface area is 249 Å². The van der Waals surface area contributed by atoms with Crippen molar-refractivity contribution in [1.29, 1.82) is 0 Å². The predicted octanol–water partition coefficient (Wildman–Crippen LogP) is 3.87. The zero-order chi connectivity index (χ0) is 32.7. The van der Waals surface area contributed by atoms with E-state index in [1.165, 1.54) is 32.4 Å². The van der Waals surface area contributed by atoms with Crippen LogP contribution in [0.5, 0.6) is 0 Å². The predicted molar refractivity (Wildman–Crippen MR) is 162 cm³/mol. The summed E-state index contributed by atoms with van der Waals surface area (Å²) in [6.07, 6.45) is 3.81. The highest BCUT2D eigenvalue weighted by Gasteiger charge is 2.43. The standard InChI is InChI=1S/C26H34N4O7.C3H8.C2H6/c1-16(23(35)29-19-9-7-18(8-10-19)14-37-17(2)31)28-20(32)13-27-24(36)25(3,4)15-26(5,6)30-21(33)11-12-22(30)34;1-3-2;1-2/h7-12,16H,13-15H2,1-6H3,(H,27,36)(H,28,32)(H,29,35);3H2,1-2H3;1-2H3. The molecular formula is C31H48N4O7. The van der Waals surface area contributed by atoms with E-state index in [9.17, 15) is 28.8 Å². The average molecular weight is 589 g/mol. The van der Waals surface area contributed by atoms with Crippen LogP contribution in [0.4, 0.5) is 5.69 Å². The normalized spacial score (nSPS) is 13.1. The lowest BCUT2D eigenvalue weighted by Crippen LogP contribution is -2.53. The zero-order valence-corrected chi connectivity index (χ0v) is 26.7. The monoisotopic (exact) mass is 588 g/mol. The van der Waals surface area contributed by atoms with Gasteiger partial charge in [0, 0.05) is 35.7 Å². The fourth-order valence-electron chi connectivity index (χ4n) is 4.12. The number of rotatable bonds is 11. The Morgan fingerprint density at radius 1 is 0.929 bits per heavy atom. The summed E-state index contributed by atoms with van der Waals surface area (Å²) in [6.45, 7) is 17.6. The minimum absolute atomic E-state index is 0.127. The van der Waals surface area contributed by atoms with E-state index < -0.39 is 52.5 Å². The van der Waals surface area contributed by atoms with Crippen molar-refractivity contribution in [3.05, 3.63) is 42.0 Å². The van der Waals surface area contributed by atoms with E-state index >= 15 is 0 Å². The number of amides is 5. The molecule has 1 aromatic rings. The Morgan fingerprint density at radius 2 is 1.43 bits per heavy atom. The highest BCUT2D eigenvalue weighted by atomic mass is 16.5. The van der Waals surface area contributed by atoms with Gasteiger partial charge in [-0.1, -0.05) is 60.1 Å². The first-order valence-corrected chi connectivity index (χ1v) is 14.2. The number of benzene rings is 1. The highest BCUT2D eigenvalue weighted by Crippen LogP contribution is 2.33. The fourth-order valence-corrected chi connectivity index (χ4v) is 4.12. The minimum Gasteiger partial charge on any atom is -0.461 e. The molecule has 11 nitrogen and oxygen atoms in total. The molecule has 0 spiro atoms. The summed E-state index contributed by atoms with van der Waals surface area (Å²) in [6, 6.07) is 5.82. The van der Waals surface area contributed by atoms with Gasteiger partial charge in [-0.15, -0.1) is 0 Å². The second-order valence-electron chi connectivity index (χ2n) is 10.9. The number of nitrogens with zero attached hydrogens (tertiary/aromatic N) is 1. The van der Waals surface area contributed by atoms with Crippen LogP contribution in [-0.2, 0) is 40.1 Å². The van der Waals surface area contributed by atoms with E-state index in [4.69, 9.17) is 4.74 Å². The van der Waals surface area contributed by atoms with Crippen LogP contribution in [0.1, 0.15) is 87.6 Å². The van der Waals surface area contributed by atoms with Gasteiger partial charge in [-0.3, -0.25) is 33.7 Å². The molecule has 3 N–H and O–H groups in total. The highest BCUT2D eigenvalue weighted by molar-refractivity contribution is 6.13. The third-order valence-corrected chi connectivity index (χ3v) is 5.75. The lowest BCUT2D eigenvalue weighted by atomic mass is 9.78. The molecule has 234 valence electrons. The van der Waals surface area contributed by atoms with E-state index in [0.717, 1.165) is 10.5 Å². The van der Waals surface area contributed by atoms with Gasteiger partial charge in [0.25, 0.3) is 11.8 Å². The third-order valence-electron chi connectivity index (χ3n) is 5.75. The lowest BCUT2D eigenvalue weighted by Gasteiger charge is -2.39. The number of hydrogen-bond acceptors (Lipinski definition) is 7. The molecule has 0 saturated heterocycles. The number of hydrogen-bond donors (Lipinski definition) is 3. The van der Waals surface area contributed by atoms with Crippen LogP contribution >= 0.6 is 0 Å². The molecule has 1 unspecified atom stereocenters. The molecule has 0 aromatic heterocycles. The molecule has 0 fully saturated rings. The second kappa shape index (κ2) is 17.7. The van der Waals surface area contributed by atoms with Gasteiger partial charge in [0.05, 0.1) is 6.54 Å². The molecule has 2 rings (SSSR count). The summed E-state index contributed by atoms with van der Waals surface area (Å²) < 4.78 is 4.91. The molecule has 1 heterocycles. The number of carbonyl (C=O) groups is 6. The maximum absolute atomic E-state index is 12.8. The van der Waals surface area contributed by atoms with Crippen LogP contribution in [0.2, 0.25) is 0 Å². The summed E-state index contributed by atoms with van der Waals surface area (Å²) in [7, 11) is 0. The summed E-state index contributed by atoms with van der Waals surface area (Å²) >= 11 is 0. The smallest absolute Gasteiger partial charge is 0.302 e. The molecule has 1 aromatic carbocycles. The maximum Gasteiger partial charge on any atom is 0.302 e. The first-order chi connectivity index (χ1) is 19.5. The van der Waals surface area contributed by atoms with Crippen LogP contribution < -0.4 is 16.0 Å². The molecule has 0 saturated carbocycles. The lowest BCUT2D eigenvalue weighted by molar-refractivity contribution is -0.146. The van der Waals surface area contributed by atoms with Crippen LogP contribution in [0.3, 0.4) is 0 Å². The third kappa shape index (κ3) is 12.7. The molecular weight excluding hydrogens is 540 g/mol. The van der Waals surface area contributed by atoms with Gasteiger partial charge in [-0.05, 0) is 44.9 Å². The molecule has 1 atom stereocenters. The average Bonchev–Trinajstić information content (AvgIpc) is 3.26. The summed E-state index contributed by atoms with van der Waals surface area (Å²) in [4.78, 5) is 73.7. The fraction of sp³-hybridized carbons (Fsp3) is 0.548. The van der Waals surface area contributed by atoms with Gasteiger partial charge in [0.1, 0.15) is 12.6 Å². The summed E-state index contributed by atoms with van der Waals surface area (Å²) in [5, 5.41) is 7.76. The van der Waals surface area contributed by atoms with Crippen LogP contribution in [0.25, 0.3) is 0 Å². The quantitative estimate of drug-likeness (QED) is 0.262. The van der Waals surface area contributed by atoms with Crippen molar-refractivity contribution in [2.75, 3.05) is 11.9 Å². The van der Waals surface area contributed by atoms with Crippen molar-refractivity contribution in [3.8, 4) is 0 Å². The van der Waals surface area contributed by atoms with Crippen molar-refractivity contribution in [2.24, 2.45) is 5.41 Å². The van der Waals surface area contributed by atoms with Crippen LogP contribution in [0, 0.1) is 5.41 Å². The van der Waals surface area contributed by atoms with E-state index in [-0.39, 0.29) is 19.6 Å². The van der Waals surface area contributed by atoms with Crippen LogP contribution in [0.15, 0.2) is 36.4 Å². The first-order valence-electron chi connectivity index (χ1n) is 14.2. The van der Waals surface area contributed by atoms with E-state index in [2.05, 4.69) is 29.8 Å². The largest absolute Gasteiger partial charge is 0.461 e. The Bertz CT molecular complexity index is 1110. The Kier molecular flexibility index (Phi) is 16.0. The van der Waals surface area contributed by atoms with Gasteiger partial charge >= 0.3 is 5.97 Å². The molecule has 0 aliphatic carbocycles. The molecule has 11 heteroatoms. The van der Waals surface area contributed by atoms with Crippen molar-refractivity contribution < 1.29 is 33.5 Å². The molecule has 42 heavy (non-hydrogen) atoms. The number of nitrogens with one attached hydrogen (secondary N) is 3. The van der Waals surface area contributed by atoms with Gasteiger partial charge in [-0.2, -0.15) is 0 Å². The number of imide groups is 1. The molecule has 0 bridgehead atoms. The number of anilines is 1. The summed E-state index contributed by atoms with van der Waals surface area (Å²) in [5.74, 6) is -2.71. The topological polar surface area (TPSA) is 151 Å². The molecule has 0 radical (unpaired) electrons. The van der Waals surface area contributed by atoms with Crippen molar-refractivity contribution in [2.45, 2.75) is 100 Å². The van der Waals surface area contributed by atoms with E-state index in [0.29, 0.717) is 5.69 Å². The minimum atomic E-state index is -1.00. The SMILES string of the molecule is CC.CC(=O)OCc1ccc(NC(=O)C(C)NC(=O)CNC(=O)C(C)(C)CC(C)(C)N2C(=O)C=CC2=O)cc1.CCC. The second-order valence-corrected chi connectivity index (χ2v) is 10.9. The first kappa shape index (κ1) is 38.0. The molecule has 5 amide bonds. The molecule has 1 aliphatic rings. The van der Waals surface area contributed by atoms with Crippen molar-refractivity contribution >= 4 is 41.2 Å².